The highest BCUT2D eigenvalue weighted by atomic mass is 35.5. The van der Waals surface area contributed by atoms with Crippen LogP contribution in [0.15, 0.2) is 4.52 Å². The molecule has 0 radical (unpaired) electrons. The highest BCUT2D eigenvalue weighted by Crippen LogP contribution is 2.22. The van der Waals surface area contributed by atoms with Gasteiger partial charge >= 0.3 is 0 Å². The van der Waals surface area contributed by atoms with Crippen molar-refractivity contribution in [2.45, 2.75) is 39.2 Å². The van der Waals surface area contributed by atoms with Crippen molar-refractivity contribution in [3.05, 3.63) is 11.7 Å². The van der Waals surface area contributed by atoms with Crippen LogP contribution >= 0.6 is 12.4 Å². The van der Waals surface area contributed by atoms with Crippen molar-refractivity contribution >= 4 is 18.3 Å². The Morgan fingerprint density at radius 2 is 1.96 bits per heavy atom. The summed E-state index contributed by atoms with van der Waals surface area (Å²) in [5.41, 5.74) is 0. The van der Waals surface area contributed by atoms with Crippen LogP contribution in [-0.2, 0) is 11.2 Å². The van der Waals surface area contributed by atoms with Crippen LogP contribution in [0.25, 0.3) is 0 Å². The summed E-state index contributed by atoms with van der Waals surface area (Å²) in [5, 5.41) is 7.29. The Morgan fingerprint density at radius 3 is 2.54 bits per heavy atom. The molecule has 2 fully saturated rings. The van der Waals surface area contributed by atoms with Crippen molar-refractivity contribution in [3.8, 4) is 0 Å². The second-order valence-electron chi connectivity index (χ2n) is 6.46. The number of rotatable bonds is 4. The van der Waals surface area contributed by atoms with Crippen LogP contribution in [0.3, 0.4) is 0 Å². The van der Waals surface area contributed by atoms with Gasteiger partial charge in [0.05, 0.1) is 6.04 Å². The summed E-state index contributed by atoms with van der Waals surface area (Å²) in [4.78, 5) is 21.4. The number of amides is 1. The average molecular weight is 358 g/mol. The second kappa shape index (κ2) is 8.78. The Bertz CT molecular complexity index is 524. The first-order valence-corrected chi connectivity index (χ1v) is 8.75. The molecule has 24 heavy (non-hydrogen) atoms. The predicted octanol–water partition coefficient (Wildman–Crippen LogP) is 1.26. The molecule has 1 amide bonds. The smallest absolute Gasteiger partial charge is 0.243 e. The summed E-state index contributed by atoms with van der Waals surface area (Å²) in [6.45, 7) is 9.35. The molecular formula is C16H28ClN5O2. The lowest BCUT2D eigenvalue weighted by Gasteiger charge is -2.38. The molecule has 2 aliphatic heterocycles. The molecule has 1 unspecified atom stereocenters. The topological polar surface area (TPSA) is 74.5 Å². The lowest BCUT2D eigenvalue weighted by molar-refractivity contribution is -0.138. The number of hydrogen-bond donors (Lipinski definition) is 1. The predicted molar refractivity (Wildman–Crippen MR) is 93.1 cm³/mol. The first-order chi connectivity index (χ1) is 11.2. The van der Waals surface area contributed by atoms with Gasteiger partial charge in [0.25, 0.3) is 0 Å². The van der Waals surface area contributed by atoms with E-state index in [4.69, 9.17) is 4.52 Å². The van der Waals surface area contributed by atoms with E-state index in [2.05, 4.69) is 27.3 Å². The minimum absolute atomic E-state index is 0. The number of nitrogens with one attached hydrogen (secondary N) is 1. The van der Waals surface area contributed by atoms with E-state index in [9.17, 15) is 4.79 Å². The van der Waals surface area contributed by atoms with Crippen LogP contribution in [0.5, 0.6) is 0 Å². The highest BCUT2D eigenvalue weighted by Gasteiger charge is 2.31. The molecule has 1 aromatic heterocycles. The summed E-state index contributed by atoms with van der Waals surface area (Å²) < 4.78 is 5.35. The number of halogens is 1. The Balaban J connectivity index is 0.00000208. The molecule has 0 saturated carbocycles. The zero-order chi connectivity index (χ0) is 16.2. The third kappa shape index (κ3) is 4.26. The highest BCUT2D eigenvalue weighted by molar-refractivity contribution is 5.85. The van der Waals surface area contributed by atoms with Crippen LogP contribution in [0.1, 0.15) is 44.4 Å². The molecule has 7 nitrogen and oxygen atoms in total. The van der Waals surface area contributed by atoms with E-state index in [1.54, 1.807) is 0 Å². The van der Waals surface area contributed by atoms with Crippen LogP contribution in [-0.4, -0.2) is 65.1 Å². The Kier molecular flexibility index (Phi) is 7.01. The molecular weight excluding hydrogens is 330 g/mol. The normalized spacial score (nSPS) is 21.3. The van der Waals surface area contributed by atoms with Gasteiger partial charge < -0.3 is 14.7 Å². The molecule has 3 heterocycles. The van der Waals surface area contributed by atoms with Crippen LogP contribution in [0, 0.1) is 5.92 Å². The van der Waals surface area contributed by atoms with Gasteiger partial charge in [-0.2, -0.15) is 4.98 Å². The average Bonchev–Trinajstić information content (AvgIpc) is 3.10. The molecule has 1 atom stereocenters. The summed E-state index contributed by atoms with van der Waals surface area (Å²) in [6.07, 6.45) is 2.73. The van der Waals surface area contributed by atoms with Crippen LogP contribution in [0.2, 0.25) is 0 Å². The van der Waals surface area contributed by atoms with E-state index in [-0.39, 0.29) is 24.4 Å². The molecule has 0 aliphatic carbocycles. The monoisotopic (exact) mass is 357 g/mol. The zero-order valence-corrected chi connectivity index (χ0v) is 15.3. The summed E-state index contributed by atoms with van der Waals surface area (Å²) >= 11 is 0. The fraction of sp³-hybridized carbons (Fsp3) is 0.812. The van der Waals surface area contributed by atoms with Gasteiger partial charge in [0.15, 0.2) is 5.82 Å². The maximum absolute atomic E-state index is 12.6. The molecule has 136 valence electrons. The van der Waals surface area contributed by atoms with Gasteiger partial charge in [-0.15, -0.1) is 12.4 Å². The number of nitrogens with zero attached hydrogens (tertiary/aromatic N) is 4. The first-order valence-electron chi connectivity index (χ1n) is 8.75. The molecule has 0 bridgehead atoms. The fourth-order valence-corrected chi connectivity index (χ4v) is 3.39. The van der Waals surface area contributed by atoms with Crippen molar-refractivity contribution in [1.82, 2.24) is 25.3 Å². The van der Waals surface area contributed by atoms with E-state index >= 15 is 0 Å². The number of hydrogen-bond acceptors (Lipinski definition) is 6. The molecule has 3 rings (SSSR count). The van der Waals surface area contributed by atoms with E-state index in [1.807, 2.05) is 11.8 Å². The molecule has 8 heteroatoms. The second-order valence-corrected chi connectivity index (χ2v) is 6.46. The van der Waals surface area contributed by atoms with Crippen molar-refractivity contribution in [1.29, 1.82) is 0 Å². The van der Waals surface area contributed by atoms with Gasteiger partial charge in [-0.25, -0.2) is 0 Å². The Morgan fingerprint density at radius 1 is 1.29 bits per heavy atom. The standard InChI is InChI=1S/C16H27N5O2.ClH/c1-3-14-18-15(23-19-14)12(2)20-8-10-21(11-9-20)16(22)13-4-6-17-7-5-13;/h12-13,17H,3-11H2,1-2H3;1H. The van der Waals surface area contributed by atoms with Gasteiger partial charge in [-0.1, -0.05) is 12.1 Å². The van der Waals surface area contributed by atoms with Gasteiger partial charge in [0.1, 0.15) is 0 Å². The molecule has 1 aromatic rings. The third-order valence-corrected chi connectivity index (χ3v) is 5.02. The molecule has 0 spiro atoms. The summed E-state index contributed by atoms with van der Waals surface area (Å²) in [5.74, 6) is 1.99. The van der Waals surface area contributed by atoms with Crippen molar-refractivity contribution in [2.24, 2.45) is 5.92 Å². The molecule has 0 aromatic carbocycles. The quantitative estimate of drug-likeness (QED) is 0.874. The van der Waals surface area contributed by atoms with Gasteiger partial charge in [-0.05, 0) is 32.9 Å². The van der Waals surface area contributed by atoms with E-state index in [1.165, 1.54) is 0 Å². The lowest BCUT2D eigenvalue weighted by Crippen LogP contribution is -2.51. The fourth-order valence-electron chi connectivity index (χ4n) is 3.39. The number of carbonyl (C=O) groups excluding carboxylic acids is 1. The zero-order valence-electron chi connectivity index (χ0n) is 14.5. The molecule has 1 N–H and O–H groups in total. The molecule has 2 saturated heterocycles. The van der Waals surface area contributed by atoms with Gasteiger partial charge in [0.2, 0.25) is 11.8 Å². The number of aryl methyl sites for hydroxylation is 1. The number of aromatic nitrogens is 2. The van der Waals surface area contributed by atoms with Gasteiger partial charge in [0, 0.05) is 38.5 Å². The van der Waals surface area contributed by atoms with Crippen molar-refractivity contribution in [2.75, 3.05) is 39.3 Å². The van der Waals surface area contributed by atoms with Crippen molar-refractivity contribution in [3.63, 3.8) is 0 Å². The first kappa shape index (κ1) is 19.1. The Hall–Kier alpha value is -1.18. The van der Waals surface area contributed by atoms with Crippen LogP contribution < -0.4 is 5.32 Å². The van der Waals surface area contributed by atoms with E-state index < -0.39 is 0 Å². The minimum Gasteiger partial charge on any atom is -0.340 e. The number of carbonyl (C=O) groups is 1. The number of piperidine rings is 1. The number of piperazine rings is 1. The van der Waals surface area contributed by atoms with Gasteiger partial charge in [-0.3, -0.25) is 9.69 Å². The van der Waals surface area contributed by atoms with E-state index in [0.717, 1.165) is 64.4 Å². The van der Waals surface area contributed by atoms with Crippen LogP contribution in [0.4, 0.5) is 0 Å². The SMILES string of the molecule is CCc1noc(C(C)N2CCN(C(=O)C3CCNCC3)CC2)n1.Cl. The maximum Gasteiger partial charge on any atom is 0.243 e. The Labute approximate surface area is 149 Å². The third-order valence-electron chi connectivity index (χ3n) is 5.02. The van der Waals surface area contributed by atoms with Crippen molar-refractivity contribution < 1.29 is 9.32 Å². The summed E-state index contributed by atoms with van der Waals surface area (Å²) in [7, 11) is 0. The van der Waals surface area contributed by atoms with E-state index in [0.29, 0.717) is 11.8 Å². The summed E-state index contributed by atoms with van der Waals surface area (Å²) in [6, 6.07) is 0.110. The molecule has 2 aliphatic rings. The lowest BCUT2D eigenvalue weighted by atomic mass is 9.96. The largest absolute Gasteiger partial charge is 0.340 e. The minimum atomic E-state index is 0. The maximum atomic E-state index is 12.6.